The summed E-state index contributed by atoms with van der Waals surface area (Å²) in [6, 6.07) is 7.12. The molecule has 2 aromatic rings. The Bertz CT molecular complexity index is 595. The van der Waals surface area contributed by atoms with E-state index >= 15 is 0 Å². The van der Waals surface area contributed by atoms with Crippen molar-refractivity contribution < 1.29 is 14.6 Å². The van der Waals surface area contributed by atoms with Crippen molar-refractivity contribution in [2.24, 2.45) is 0 Å². The van der Waals surface area contributed by atoms with Crippen molar-refractivity contribution in [3.63, 3.8) is 0 Å². The van der Waals surface area contributed by atoms with Crippen LogP contribution in [0.5, 0.6) is 5.75 Å². The van der Waals surface area contributed by atoms with Crippen molar-refractivity contribution in [1.82, 2.24) is 9.55 Å². The fourth-order valence-electron chi connectivity index (χ4n) is 1.76. The van der Waals surface area contributed by atoms with Gasteiger partial charge in [0.25, 0.3) is 0 Å². The zero-order chi connectivity index (χ0) is 13.8. The van der Waals surface area contributed by atoms with Crippen LogP contribution >= 0.6 is 11.6 Å². The fraction of sp³-hybridized carbons (Fsp3) is 0.231. The molecule has 19 heavy (non-hydrogen) atoms. The van der Waals surface area contributed by atoms with Crippen molar-refractivity contribution in [3.8, 4) is 5.75 Å². The molecule has 1 N–H and O–H groups in total. The van der Waals surface area contributed by atoms with E-state index in [1.165, 1.54) is 6.20 Å². The van der Waals surface area contributed by atoms with Gasteiger partial charge in [-0.2, -0.15) is 0 Å². The molecule has 0 atom stereocenters. The van der Waals surface area contributed by atoms with Crippen LogP contribution in [0.3, 0.4) is 0 Å². The third-order valence-corrected chi connectivity index (χ3v) is 2.97. The number of carbonyl (C=O) groups is 1. The van der Waals surface area contributed by atoms with Gasteiger partial charge in [0.1, 0.15) is 12.4 Å². The second-order valence-corrected chi connectivity index (χ2v) is 4.25. The van der Waals surface area contributed by atoms with E-state index in [1.807, 2.05) is 19.1 Å². The molecule has 1 heterocycles. The average molecular weight is 281 g/mol. The topological polar surface area (TPSA) is 64.4 Å². The number of rotatable bonds is 5. The predicted octanol–water partition coefficient (Wildman–Crippen LogP) is 2.83. The molecule has 0 saturated heterocycles. The summed E-state index contributed by atoms with van der Waals surface area (Å²) in [4.78, 5) is 14.8. The summed E-state index contributed by atoms with van der Waals surface area (Å²) in [5, 5.41) is 9.51. The van der Waals surface area contributed by atoms with E-state index in [9.17, 15) is 4.79 Å². The van der Waals surface area contributed by atoms with Crippen molar-refractivity contribution in [2.75, 3.05) is 0 Å². The Kier molecular flexibility index (Phi) is 4.06. The van der Waals surface area contributed by atoms with Crippen LogP contribution in [0.4, 0.5) is 0 Å². The van der Waals surface area contributed by atoms with E-state index in [1.54, 1.807) is 16.7 Å². The zero-order valence-corrected chi connectivity index (χ0v) is 11.1. The Labute approximate surface area is 115 Å². The van der Waals surface area contributed by atoms with E-state index in [0.717, 1.165) is 0 Å². The highest BCUT2D eigenvalue weighted by molar-refractivity contribution is 6.32. The average Bonchev–Trinajstić information content (AvgIpc) is 2.81. The Hall–Kier alpha value is -2.01. The van der Waals surface area contributed by atoms with Crippen LogP contribution in [0.15, 0.2) is 30.5 Å². The van der Waals surface area contributed by atoms with Crippen LogP contribution in [0.25, 0.3) is 0 Å². The molecule has 0 fully saturated rings. The predicted molar refractivity (Wildman–Crippen MR) is 70.6 cm³/mol. The summed E-state index contributed by atoms with van der Waals surface area (Å²) >= 11 is 5.98. The van der Waals surface area contributed by atoms with E-state index < -0.39 is 5.97 Å². The third kappa shape index (κ3) is 2.88. The van der Waals surface area contributed by atoms with Gasteiger partial charge in [-0.05, 0) is 19.1 Å². The number of imidazole rings is 1. The lowest BCUT2D eigenvalue weighted by Gasteiger charge is -2.10. The molecule has 2 rings (SSSR count). The first-order chi connectivity index (χ1) is 9.13. The SMILES string of the molecule is CCn1c(COc2ccccc2Cl)cnc1C(=O)O. The molecular formula is C13H13ClN2O3. The van der Waals surface area contributed by atoms with Crippen LogP contribution in [-0.2, 0) is 13.2 Å². The van der Waals surface area contributed by atoms with Gasteiger partial charge in [-0.15, -0.1) is 0 Å². The van der Waals surface area contributed by atoms with Crippen molar-refractivity contribution in [1.29, 1.82) is 0 Å². The largest absolute Gasteiger partial charge is 0.486 e. The van der Waals surface area contributed by atoms with Gasteiger partial charge in [0, 0.05) is 6.54 Å². The van der Waals surface area contributed by atoms with E-state index in [-0.39, 0.29) is 12.4 Å². The number of ether oxygens (including phenoxy) is 1. The first kappa shape index (κ1) is 13.4. The number of hydrogen-bond acceptors (Lipinski definition) is 3. The second kappa shape index (κ2) is 5.75. The second-order valence-electron chi connectivity index (χ2n) is 3.84. The smallest absolute Gasteiger partial charge is 0.372 e. The minimum atomic E-state index is -1.05. The molecule has 0 aliphatic carbocycles. The summed E-state index contributed by atoms with van der Waals surface area (Å²) in [5.41, 5.74) is 0.694. The summed E-state index contributed by atoms with van der Waals surface area (Å²) in [5.74, 6) is -0.476. The highest BCUT2D eigenvalue weighted by atomic mass is 35.5. The molecule has 0 unspecified atom stereocenters. The van der Waals surface area contributed by atoms with Gasteiger partial charge in [-0.1, -0.05) is 23.7 Å². The molecule has 0 aliphatic heterocycles. The van der Waals surface area contributed by atoms with E-state index in [2.05, 4.69) is 4.98 Å². The van der Waals surface area contributed by atoms with Gasteiger partial charge in [0.2, 0.25) is 5.82 Å². The lowest BCUT2D eigenvalue weighted by Crippen LogP contribution is -2.12. The molecule has 0 radical (unpaired) electrons. The van der Waals surface area contributed by atoms with Crippen molar-refractivity contribution in [2.45, 2.75) is 20.1 Å². The van der Waals surface area contributed by atoms with Crippen LogP contribution in [0.2, 0.25) is 5.02 Å². The minimum absolute atomic E-state index is 0.0141. The molecule has 1 aromatic carbocycles. The molecule has 0 aliphatic rings. The highest BCUT2D eigenvalue weighted by Gasteiger charge is 2.15. The maximum Gasteiger partial charge on any atom is 0.372 e. The summed E-state index contributed by atoms with van der Waals surface area (Å²) in [7, 11) is 0. The number of halogens is 1. The van der Waals surface area contributed by atoms with Gasteiger partial charge in [0.15, 0.2) is 0 Å². The van der Waals surface area contributed by atoms with E-state index in [0.29, 0.717) is 23.0 Å². The molecule has 5 nitrogen and oxygen atoms in total. The van der Waals surface area contributed by atoms with Gasteiger partial charge < -0.3 is 14.4 Å². The van der Waals surface area contributed by atoms with Gasteiger partial charge in [-0.25, -0.2) is 9.78 Å². The summed E-state index contributed by atoms with van der Waals surface area (Å²) < 4.78 is 7.17. The van der Waals surface area contributed by atoms with Gasteiger partial charge in [0.05, 0.1) is 16.9 Å². The number of hydrogen-bond donors (Lipinski definition) is 1. The number of para-hydroxylation sites is 1. The normalized spacial score (nSPS) is 10.4. The minimum Gasteiger partial charge on any atom is -0.486 e. The zero-order valence-electron chi connectivity index (χ0n) is 10.3. The number of carboxylic acids is 1. The summed E-state index contributed by atoms with van der Waals surface area (Å²) in [6.07, 6.45) is 1.50. The molecular weight excluding hydrogens is 268 g/mol. The number of carboxylic acid groups (broad SMARTS) is 1. The Morgan fingerprint density at radius 2 is 2.21 bits per heavy atom. The van der Waals surface area contributed by atoms with Crippen molar-refractivity contribution in [3.05, 3.63) is 47.0 Å². The Morgan fingerprint density at radius 3 is 2.84 bits per heavy atom. The van der Waals surface area contributed by atoms with Gasteiger partial charge in [-0.3, -0.25) is 0 Å². The number of aromatic nitrogens is 2. The first-order valence-corrected chi connectivity index (χ1v) is 6.16. The molecule has 0 bridgehead atoms. The summed E-state index contributed by atoms with van der Waals surface area (Å²) in [6.45, 7) is 2.59. The van der Waals surface area contributed by atoms with Gasteiger partial charge >= 0.3 is 5.97 Å². The fourth-order valence-corrected chi connectivity index (χ4v) is 1.95. The number of aromatic carboxylic acids is 1. The van der Waals surface area contributed by atoms with Crippen LogP contribution < -0.4 is 4.74 Å². The quantitative estimate of drug-likeness (QED) is 0.915. The maximum absolute atomic E-state index is 11.0. The molecule has 0 spiro atoms. The molecule has 0 amide bonds. The maximum atomic E-state index is 11.0. The molecule has 1 aromatic heterocycles. The van der Waals surface area contributed by atoms with Crippen LogP contribution in [0, 0.1) is 0 Å². The van der Waals surface area contributed by atoms with E-state index in [4.69, 9.17) is 21.4 Å². The number of benzene rings is 1. The monoisotopic (exact) mass is 280 g/mol. The lowest BCUT2D eigenvalue weighted by molar-refractivity contribution is 0.0677. The number of nitrogens with zero attached hydrogens (tertiary/aromatic N) is 2. The Morgan fingerprint density at radius 1 is 1.47 bits per heavy atom. The molecule has 0 saturated carbocycles. The lowest BCUT2D eigenvalue weighted by atomic mass is 10.3. The molecule has 100 valence electrons. The highest BCUT2D eigenvalue weighted by Crippen LogP contribution is 2.24. The first-order valence-electron chi connectivity index (χ1n) is 5.78. The standard InChI is InChI=1S/C13H13ClN2O3/c1-2-16-9(7-15-12(16)13(17)18)8-19-11-6-4-3-5-10(11)14/h3-7H,2,8H2,1H3,(H,17,18). The molecule has 6 heteroatoms. The van der Waals surface area contributed by atoms with Crippen LogP contribution in [0.1, 0.15) is 23.2 Å². The Balaban J connectivity index is 2.16. The third-order valence-electron chi connectivity index (χ3n) is 2.66. The van der Waals surface area contributed by atoms with Crippen molar-refractivity contribution >= 4 is 17.6 Å². The van der Waals surface area contributed by atoms with Crippen LogP contribution in [-0.4, -0.2) is 20.6 Å².